The first-order chi connectivity index (χ1) is 16.9. The fraction of sp³-hybridized carbons (Fsp3) is 0.292. The van der Waals surface area contributed by atoms with Crippen molar-refractivity contribution in [2.24, 2.45) is 0 Å². The third-order valence-electron chi connectivity index (χ3n) is 5.42. The molecule has 2 aliphatic heterocycles. The van der Waals surface area contributed by atoms with E-state index in [0.29, 0.717) is 48.9 Å². The van der Waals surface area contributed by atoms with Gasteiger partial charge < -0.3 is 19.1 Å². The smallest absolute Gasteiger partial charge is 0.293 e. The molecule has 2 aromatic rings. The third-order valence-corrected chi connectivity index (χ3v) is 6.68. The number of imide groups is 1. The van der Waals surface area contributed by atoms with Crippen LogP contribution in [0, 0.1) is 5.82 Å². The molecule has 2 aliphatic rings. The first-order valence-corrected chi connectivity index (χ1v) is 11.9. The van der Waals surface area contributed by atoms with Crippen molar-refractivity contribution in [3.05, 3.63) is 63.3 Å². The maximum absolute atomic E-state index is 13.3. The first kappa shape index (κ1) is 25.0. The maximum atomic E-state index is 13.3. The summed E-state index contributed by atoms with van der Waals surface area (Å²) in [7, 11) is 1.47. The lowest BCUT2D eigenvalue weighted by molar-refractivity contribution is -0.137. The van der Waals surface area contributed by atoms with Gasteiger partial charge in [-0.25, -0.2) is 4.39 Å². The highest BCUT2D eigenvalue weighted by atomic mass is 35.5. The van der Waals surface area contributed by atoms with E-state index in [-0.39, 0.29) is 29.0 Å². The van der Waals surface area contributed by atoms with E-state index in [0.717, 1.165) is 22.7 Å². The number of halogens is 2. The zero-order chi connectivity index (χ0) is 24.9. The monoisotopic (exact) mass is 520 g/mol. The molecule has 0 unspecified atom stereocenters. The topological polar surface area (TPSA) is 85.4 Å². The van der Waals surface area contributed by atoms with Crippen LogP contribution in [0.4, 0.5) is 9.18 Å². The maximum Gasteiger partial charge on any atom is 0.293 e. The van der Waals surface area contributed by atoms with Gasteiger partial charge in [0.15, 0.2) is 18.1 Å². The standard InChI is InChI=1S/C24H22ClFN2O6S/c1-32-20-10-15(2-5-19(20)34-14-22(29)27-6-8-33-9-7-27)11-21-23(30)28(24(31)35-21)13-16-3-4-17(26)12-18(16)25/h2-5,10-12H,6-9,13-14H2,1H3/b21-11-. The summed E-state index contributed by atoms with van der Waals surface area (Å²) < 4.78 is 29.6. The van der Waals surface area contributed by atoms with Gasteiger partial charge in [0, 0.05) is 18.1 Å². The van der Waals surface area contributed by atoms with Crippen LogP contribution in [0.1, 0.15) is 11.1 Å². The Morgan fingerprint density at radius 3 is 2.66 bits per heavy atom. The molecule has 35 heavy (non-hydrogen) atoms. The second-order valence-corrected chi connectivity index (χ2v) is 9.10. The van der Waals surface area contributed by atoms with Crippen molar-refractivity contribution in [3.63, 3.8) is 0 Å². The Morgan fingerprint density at radius 1 is 1.17 bits per heavy atom. The SMILES string of the molecule is COc1cc(/C=C2\SC(=O)N(Cc3ccc(F)cc3Cl)C2=O)ccc1OCC(=O)N1CCOCC1. The van der Waals surface area contributed by atoms with Crippen molar-refractivity contribution in [3.8, 4) is 11.5 Å². The van der Waals surface area contributed by atoms with Gasteiger partial charge in [-0.2, -0.15) is 0 Å². The minimum absolute atomic E-state index is 0.0611. The highest BCUT2D eigenvalue weighted by molar-refractivity contribution is 8.18. The van der Waals surface area contributed by atoms with E-state index < -0.39 is 17.0 Å². The Labute approximate surface area is 210 Å². The van der Waals surface area contributed by atoms with Gasteiger partial charge >= 0.3 is 0 Å². The molecule has 11 heteroatoms. The summed E-state index contributed by atoms with van der Waals surface area (Å²) in [5.41, 5.74) is 1.07. The fourth-order valence-corrected chi connectivity index (χ4v) is 4.61. The fourth-order valence-electron chi connectivity index (χ4n) is 3.54. The Morgan fingerprint density at radius 2 is 1.94 bits per heavy atom. The zero-order valence-electron chi connectivity index (χ0n) is 18.8. The van der Waals surface area contributed by atoms with Crippen LogP contribution in [-0.4, -0.2) is 66.9 Å². The molecule has 2 heterocycles. The molecule has 2 aromatic carbocycles. The molecule has 8 nitrogen and oxygen atoms in total. The number of rotatable bonds is 7. The number of morpholine rings is 1. The molecule has 0 aliphatic carbocycles. The van der Waals surface area contributed by atoms with Crippen molar-refractivity contribution in [1.82, 2.24) is 9.80 Å². The molecule has 184 valence electrons. The van der Waals surface area contributed by atoms with Gasteiger partial charge in [-0.1, -0.05) is 23.7 Å². The summed E-state index contributed by atoms with van der Waals surface area (Å²) in [6, 6.07) is 8.79. The number of nitrogens with zero attached hydrogens (tertiary/aromatic N) is 2. The summed E-state index contributed by atoms with van der Waals surface area (Å²) in [5, 5.41) is -0.310. The van der Waals surface area contributed by atoms with Gasteiger partial charge in [-0.05, 0) is 53.2 Å². The van der Waals surface area contributed by atoms with Crippen LogP contribution in [0.2, 0.25) is 5.02 Å². The quantitative estimate of drug-likeness (QED) is 0.511. The third kappa shape index (κ3) is 5.95. The molecule has 0 saturated carbocycles. The number of amides is 3. The summed E-state index contributed by atoms with van der Waals surface area (Å²) in [4.78, 5) is 40.6. The van der Waals surface area contributed by atoms with Crippen molar-refractivity contribution < 1.29 is 33.0 Å². The molecule has 0 N–H and O–H groups in total. The molecule has 2 fully saturated rings. The number of ether oxygens (including phenoxy) is 3. The highest BCUT2D eigenvalue weighted by Crippen LogP contribution is 2.36. The van der Waals surface area contributed by atoms with Crippen LogP contribution in [0.15, 0.2) is 41.3 Å². The first-order valence-electron chi connectivity index (χ1n) is 10.7. The normalized spacial score (nSPS) is 17.3. The minimum Gasteiger partial charge on any atom is -0.493 e. The van der Waals surface area contributed by atoms with E-state index >= 15 is 0 Å². The largest absolute Gasteiger partial charge is 0.493 e. The van der Waals surface area contributed by atoms with Gasteiger partial charge in [0.25, 0.3) is 17.1 Å². The summed E-state index contributed by atoms with van der Waals surface area (Å²) in [5.74, 6) is -0.360. The lowest BCUT2D eigenvalue weighted by atomic mass is 10.1. The van der Waals surface area contributed by atoms with Crippen molar-refractivity contribution in [2.75, 3.05) is 40.0 Å². The van der Waals surface area contributed by atoms with Crippen molar-refractivity contribution in [2.45, 2.75) is 6.54 Å². The average Bonchev–Trinajstić information content (AvgIpc) is 3.12. The van der Waals surface area contributed by atoms with Gasteiger partial charge in [0.05, 0.1) is 31.8 Å². The lowest BCUT2D eigenvalue weighted by Gasteiger charge is -2.26. The van der Waals surface area contributed by atoms with E-state index in [2.05, 4.69) is 0 Å². The van der Waals surface area contributed by atoms with Gasteiger partial charge in [0.1, 0.15) is 5.82 Å². The number of hydrogen-bond acceptors (Lipinski definition) is 7. The van der Waals surface area contributed by atoms with E-state index in [1.165, 1.54) is 19.2 Å². The van der Waals surface area contributed by atoms with Crippen LogP contribution in [0.5, 0.6) is 11.5 Å². The number of hydrogen-bond donors (Lipinski definition) is 0. The molecular weight excluding hydrogens is 499 g/mol. The molecule has 0 aromatic heterocycles. The molecule has 3 amide bonds. The van der Waals surface area contributed by atoms with Crippen molar-refractivity contribution in [1.29, 1.82) is 0 Å². The van der Waals surface area contributed by atoms with Crippen LogP contribution in [0.25, 0.3) is 6.08 Å². The average molecular weight is 521 g/mol. The van der Waals surface area contributed by atoms with Gasteiger partial charge in [-0.15, -0.1) is 0 Å². The number of carbonyl (C=O) groups is 3. The van der Waals surface area contributed by atoms with E-state index in [9.17, 15) is 18.8 Å². The Hall–Kier alpha value is -3.08. The second-order valence-electron chi connectivity index (χ2n) is 7.70. The summed E-state index contributed by atoms with van der Waals surface area (Å²) in [6.45, 7) is 1.87. The molecular formula is C24H22ClFN2O6S. The summed E-state index contributed by atoms with van der Waals surface area (Å²) in [6.07, 6.45) is 1.57. The number of benzene rings is 2. The highest BCUT2D eigenvalue weighted by Gasteiger charge is 2.35. The molecule has 2 saturated heterocycles. The number of carbonyl (C=O) groups excluding carboxylic acids is 3. The number of methoxy groups -OCH3 is 1. The van der Waals surface area contributed by atoms with Gasteiger partial charge in [-0.3, -0.25) is 19.3 Å². The van der Waals surface area contributed by atoms with Gasteiger partial charge in [0.2, 0.25) is 0 Å². The Bertz CT molecular complexity index is 1180. The predicted molar refractivity (Wildman–Crippen MR) is 129 cm³/mol. The lowest BCUT2D eigenvalue weighted by Crippen LogP contribution is -2.43. The van der Waals surface area contributed by atoms with Crippen LogP contribution < -0.4 is 9.47 Å². The molecule has 0 atom stereocenters. The van der Waals surface area contributed by atoms with E-state index in [1.54, 1.807) is 29.2 Å². The number of thioether (sulfide) groups is 1. The van der Waals surface area contributed by atoms with Crippen LogP contribution in [-0.2, 0) is 20.9 Å². The van der Waals surface area contributed by atoms with Crippen LogP contribution in [0.3, 0.4) is 0 Å². The Kier molecular flexibility index (Phi) is 7.94. The molecule has 0 bridgehead atoms. The minimum atomic E-state index is -0.500. The zero-order valence-corrected chi connectivity index (χ0v) is 20.4. The van der Waals surface area contributed by atoms with E-state index in [1.807, 2.05) is 0 Å². The van der Waals surface area contributed by atoms with Crippen molar-refractivity contribution >= 4 is 46.5 Å². The van der Waals surface area contributed by atoms with Crippen LogP contribution >= 0.6 is 23.4 Å². The Balaban J connectivity index is 1.44. The second kappa shape index (κ2) is 11.1. The molecule has 4 rings (SSSR count). The predicted octanol–water partition coefficient (Wildman–Crippen LogP) is 3.96. The molecule has 0 spiro atoms. The molecule has 0 radical (unpaired) electrons. The summed E-state index contributed by atoms with van der Waals surface area (Å²) >= 11 is 6.84. The van der Waals surface area contributed by atoms with E-state index in [4.69, 9.17) is 25.8 Å².